The summed E-state index contributed by atoms with van der Waals surface area (Å²) in [4.78, 5) is 12.8. The highest BCUT2D eigenvalue weighted by Crippen LogP contribution is 2.32. The molecule has 1 saturated heterocycles. The number of carbonyl (C=O) groups excluding carboxylic acids is 1. The van der Waals surface area contributed by atoms with Crippen molar-refractivity contribution in [2.24, 2.45) is 0 Å². The largest absolute Gasteiger partial charge is 0.371 e. The molecule has 26 heavy (non-hydrogen) atoms. The normalized spacial score (nSPS) is 17.9. The van der Waals surface area contributed by atoms with Gasteiger partial charge in [-0.05, 0) is 28.8 Å². The maximum atomic E-state index is 12.8. The highest BCUT2D eigenvalue weighted by atomic mass is 32.1. The summed E-state index contributed by atoms with van der Waals surface area (Å²) < 4.78 is 7.06. The van der Waals surface area contributed by atoms with Crippen molar-refractivity contribution in [1.82, 2.24) is 30.4 Å². The quantitative estimate of drug-likeness (QED) is 0.704. The van der Waals surface area contributed by atoms with Crippen LogP contribution in [0, 0.1) is 0 Å². The maximum absolute atomic E-state index is 12.8. The van der Waals surface area contributed by atoms with Gasteiger partial charge in [0.15, 0.2) is 0 Å². The Balaban J connectivity index is 1.49. The lowest BCUT2D eigenvalue weighted by Gasteiger charge is -2.15. The molecule has 2 aromatic heterocycles. The predicted octanol–water partition coefficient (Wildman–Crippen LogP) is 1.80. The molecule has 0 aliphatic carbocycles. The minimum atomic E-state index is -0.581. The molecular weight excluding hydrogens is 354 g/mol. The monoisotopic (exact) mass is 371 g/mol. The van der Waals surface area contributed by atoms with E-state index in [9.17, 15) is 4.79 Å². The maximum Gasteiger partial charge on any atom is 0.251 e. The van der Waals surface area contributed by atoms with E-state index in [1.54, 1.807) is 0 Å². The van der Waals surface area contributed by atoms with Crippen molar-refractivity contribution >= 4 is 22.4 Å². The molecule has 0 unspecified atom stereocenters. The lowest BCUT2D eigenvalue weighted by molar-refractivity contribution is -0.119. The molecule has 9 nitrogen and oxygen atoms in total. The summed E-state index contributed by atoms with van der Waals surface area (Å²) in [7, 11) is 0. The summed E-state index contributed by atoms with van der Waals surface area (Å²) in [6.45, 7) is 0.740. The Morgan fingerprint density at radius 1 is 1.35 bits per heavy atom. The standard InChI is InChI=1S/C16H17N7O2S/c24-14(18-16-20-19-15(26-16)13-7-4-8-25-13)12(23-10-17-21-22-23)9-11-5-2-1-3-6-11/h1-3,5-6,10,12-13H,4,7-9H2,(H,18,20,24)/t12-,13-/m1/s1. The molecule has 0 spiro atoms. The van der Waals surface area contributed by atoms with E-state index < -0.39 is 6.04 Å². The molecule has 1 aliphatic heterocycles. The van der Waals surface area contributed by atoms with Gasteiger partial charge in [0.25, 0.3) is 5.91 Å². The van der Waals surface area contributed by atoms with Crippen molar-refractivity contribution in [3.63, 3.8) is 0 Å². The number of nitrogens with one attached hydrogen (secondary N) is 1. The summed E-state index contributed by atoms with van der Waals surface area (Å²) in [5.41, 5.74) is 1.01. The van der Waals surface area contributed by atoms with Crippen molar-refractivity contribution in [2.75, 3.05) is 11.9 Å². The Hall–Kier alpha value is -2.72. The van der Waals surface area contributed by atoms with E-state index in [0.717, 1.165) is 30.0 Å². The van der Waals surface area contributed by atoms with Gasteiger partial charge in [-0.15, -0.1) is 15.3 Å². The SMILES string of the molecule is O=C(Nc1nnc([C@H]2CCCO2)s1)[C@@H](Cc1ccccc1)n1cnnn1. The average Bonchev–Trinajstić information content (AvgIpc) is 3.41. The number of amides is 1. The summed E-state index contributed by atoms with van der Waals surface area (Å²) in [5, 5.41) is 23.4. The fourth-order valence-corrected chi connectivity index (χ4v) is 3.66. The number of benzene rings is 1. The van der Waals surface area contributed by atoms with Crippen molar-refractivity contribution < 1.29 is 9.53 Å². The second kappa shape index (κ2) is 7.67. The summed E-state index contributed by atoms with van der Waals surface area (Å²) in [5.74, 6) is -0.240. The molecule has 3 aromatic rings. The minimum absolute atomic E-state index is 0.0159. The van der Waals surface area contributed by atoms with Crippen molar-refractivity contribution in [3.05, 3.63) is 47.2 Å². The van der Waals surface area contributed by atoms with Crippen LogP contribution in [0.3, 0.4) is 0 Å². The van der Waals surface area contributed by atoms with Crippen LogP contribution in [0.2, 0.25) is 0 Å². The van der Waals surface area contributed by atoms with Gasteiger partial charge in [0.1, 0.15) is 23.5 Å². The Labute approximate surface area is 153 Å². The zero-order chi connectivity index (χ0) is 17.8. The summed E-state index contributed by atoms with van der Waals surface area (Å²) in [6, 6.07) is 9.15. The van der Waals surface area contributed by atoms with Crippen LogP contribution in [0.4, 0.5) is 5.13 Å². The number of aromatic nitrogens is 6. The third-order valence-electron chi connectivity index (χ3n) is 4.13. The predicted molar refractivity (Wildman–Crippen MR) is 93.5 cm³/mol. The number of rotatable bonds is 6. The van der Waals surface area contributed by atoms with Gasteiger partial charge in [-0.3, -0.25) is 10.1 Å². The molecular formula is C16H17N7O2S. The number of carbonyl (C=O) groups is 1. The van der Waals surface area contributed by atoms with Gasteiger partial charge in [-0.1, -0.05) is 41.7 Å². The van der Waals surface area contributed by atoms with Gasteiger partial charge >= 0.3 is 0 Å². The number of ether oxygens (including phenoxy) is 1. The zero-order valence-electron chi connectivity index (χ0n) is 13.9. The Morgan fingerprint density at radius 3 is 2.96 bits per heavy atom. The van der Waals surface area contributed by atoms with E-state index in [0.29, 0.717) is 11.6 Å². The number of nitrogens with zero attached hydrogens (tertiary/aromatic N) is 6. The van der Waals surface area contributed by atoms with E-state index in [4.69, 9.17) is 4.74 Å². The topological polar surface area (TPSA) is 108 Å². The third kappa shape index (κ3) is 3.75. The molecule has 1 amide bonds. The molecule has 1 aliphatic rings. The van der Waals surface area contributed by atoms with E-state index in [1.807, 2.05) is 30.3 Å². The zero-order valence-corrected chi connectivity index (χ0v) is 14.7. The first-order chi connectivity index (χ1) is 12.8. The molecule has 2 atom stereocenters. The van der Waals surface area contributed by atoms with Crippen LogP contribution in [-0.4, -0.2) is 42.9 Å². The van der Waals surface area contributed by atoms with Crippen LogP contribution < -0.4 is 5.32 Å². The third-order valence-corrected chi connectivity index (χ3v) is 5.07. The second-order valence-corrected chi connectivity index (χ2v) is 6.94. The summed E-state index contributed by atoms with van der Waals surface area (Å²) in [6.07, 6.45) is 3.84. The van der Waals surface area contributed by atoms with Crippen LogP contribution in [0.15, 0.2) is 36.7 Å². The van der Waals surface area contributed by atoms with Gasteiger partial charge < -0.3 is 4.74 Å². The van der Waals surface area contributed by atoms with Gasteiger partial charge in [0, 0.05) is 13.0 Å². The van der Waals surface area contributed by atoms with Gasteiger partial charge in [-0.25, -0.2) is 4.68 Å². The number of hydrogen-bond donors (Lipinski definition) is 1. The Kier molecular flexibility index (Phi) is 4.93. The molecule has 0 radical (unpaired) electrons. The Morgan fingerprint density at radius 2 is 2.23 bits per heavy atom. The lowest BCUT2D eigenvalue weighted by atomic mass is 10.1. The second-order valence-electron chi connectivity index (χ2n) is 5.93. The van der Waals surface area contributed by atoms with Crippen LogP contribution in [0.1, 0.15) is 35.6 Å². The molecule has 1 fully saturated rings. The van der Waals surface area contributed by atoms with E-state index in [2.05, 4.69) is 31.0 Å². The van der Waals surface area contributed by atoms with Gasteiger partial charge in [-0.2, -0.15) is 0 Å². The number of anilines is 1. The molecule has 4 rings (SSSR count). The van der Waals surface area contributed by atoms with Crippen molar-refractivity contribution in [1.29, 1.82) is 0 Å². The number of hydrogen-bond acceptors (Lipinski definition) is 8. The van der Waals surface area contributed by atoms with Crippen LogP contribution in [-0.2, 0) is 16.0 Å². The smallest absolute Gasteiger partial charge is 0.251 e. The summed E-state index contributed by atoms with van der Waals surface area (Å²) >= 11 is 1.34. The van der Waals surface area contributed by atoms with E-state index in [1.165, 1.54) is 22.3 Å². The fraction of sp³-hybridized carbons (Fsp3) is 0.375. The molecule has 1 N–H and O–H groups in total. The molecule has 10 heteroatoms. The van der Waals surface area contributed by atoms with E-state index in [-0.39, 0.29) is 12.0 Å². The average molecular weight is 371 g/mol. The highest BCUT2D eigenvalue weighted by Gasteiger charge is 2.26. The van der Waals surface area contributed by atoms with Gasteiger partial charge in [0.2, 0.25) is 5.13 Å². The first-order valence-corrected chi connectivity index (χ1v) is 9.13. The first-order valence-electron chi connectivity index (χ1n) is 8.32. The van der Waals surface area contributed by atoms with Crippen LogP contribution in [0.25, 0.3) is 0 Å². The molecule has 134 valence electrons. The van der Waals surface area contributed by atoms with Crippen LogP contribution in [0.5, 0.6) is 0 Å². The lowest BCUT2D eigenvalue weighted by Crippen LogP contribution is -2.28. The first kappa shape index (κ1) is 16.7. The highest BCUT2D eigenvalue weighted by molar-refractivity contribution is 7.15. The van der Waals surface area contributed by atoms with E-state index >= 15 is 0 Å². The molecule has 0 bridgehead atoms. The van der Waals surface area contributed by atoms with Crippen molar-refractivity contribution in [2.45, 2.75) is 31.4 Å². The number of tetrazole rings is 1. The minimum Gasteiger partial charge on any atom is -0.371 e. The molecule has 3 heterocycles. The van der Waals surface area contributed by atoms with Gasteiger partial charge in [0.05, 0.1) is 0 Å². The van der Waals surface area contributed by atoms with Crippen LogP contribution >= 0.6 is 11.3 Å². The molecule has 1 aromatic carbocycles. The van der Waals surface area contributed by atoms with Crippen molar-refractivity contribution in [3.8, 4) is 0 Å². The Bertz CT molecular complexity index is 847. The fourth-order valence-electron chi connectivity index (χ4n) is 2.83. The molecule has 0 saturated carbocycles.